The van der Waals surface area contributed by atoms with E-state index in [1.165, 1.54) is 0 Å². The van der Waals surface area contributed by atoms with Crippen LogP contribution in [0.4, 0.5) is 5.82 Å². The first-order valence-corrected chi connectivity index (χ1v) is 6.87. The summed E-state index contributed by atoms with van der Waals surface area (Å²) in [6.45, 7) is 2.02. The van der Waals surface area contributed by atoms with E-state index < -0.39 is 0 Å². The smallest absolute Gasteiger partial charge is 0.142 e. The molecule has 4 nitrogen and oxygen atoms in total. The van der Waals surface area contributed by atoms with Gasteiger partial charge in [0.2, 0.25) is 0 Å². The Kier molecular flexibility index (Phi) is 3.55. The summed E-state index contributed by atoms with van der Waals surface area (Å²) in [5.41, 5.74) is 10.9. The van der Waals surface area contributed by atoms with E-state index in [0.29, 0.717) is 5.56 Å². The molecule has 0 aliphatic heterocycles. The standard InChI is InChI=1S/C18H14N4/c1-12-5-2-3-7-14(12)17-9-15(13-6-4-8-21-11-13)16(10-19)18(20)22-17/h2-9,11H,1H3,(H2,20,22). The van der Waals surface area contributed by atoms with Gasteiger partial charge in [0.05, 0.1) is 5.69 Å². The Balaban J connectivity index is 2.27. The van der Waals surface area contributed by atoms with Crippen molar-refractivity contribution in [3.63, 3.8) is 0 Å². The molecule has 2 aromatic heterocycles. The predicted octanol–water partition coefficient (Wildman–Crippen LogP) is 3.57. The number of nitriles is 1. The Hall–Kier alpha value is -3.19. The fraction of sp³-hybridized carbons (Fsp3) is 0.0556. The SMILES string of the molecule is Cc1ccccc1-c1cc(-c2cccnc2)c(C#N)c(N)n1. The summed E-state index contributed by atoms with van der Waals surface area (Å²) in [6.07, 6.45) is 3.42. The number of nitrogen functional groups attached to an aromatic ring is 1. The van der Waals surface area contributed by atoms with Crippen LogP contribution in [0.5, 0.6) is 0 Å². The van der Waals surface area contributed by atoms with Gasteiger partial charge in [-0.2, -0.15) is 5.26 Å². The van der Waals surface area contributed by atoms with Crippen molar-refractivity contribution in [3.8, 4) is 28.5 Å². The highest BCUT2D eigenvalue weighted by molar-refractivity contribution is 5.80. The fourth-order valence-electron chi connectivity index (χ4n) is 2.43. The van der Waals surface area contributed by atoms with Crippen molar-refractivity contribution < 1.29 is 0 Å². The molecule has 0 spiro atoms. The molecule has 0 saturated heterocycles. The number of anilines is 1. The van der Waals surface area contributed by atoms with Crippen LogP contribution in [0.15, 0.2) is 54.9 Å². The maximum atomic E-state index is 9.39. The van der Waals surface area contributed by atoms with E-state index in [2.05, 4.69) is 16.0 Å². The highest BCUT2D eigenvalue weighted by atomic mass is 14.8. The quantitative estimate of drug-likeness (QED) is 0.781. The van der Waals surface area contributed by atoms with Crippen molar-refractivity contribution in [2.45, 2.75) is 6.92 Å². The molecular formula is C18H14N4. The van der Waals surface area contributed by atoms with Gasteiger partial charge in [0, 0.05) is 29.1 Å². The van der Waals surface area contributed by atoms with E-state index >= 15 is 0 Å². The summed E-state index contributed by atoms with van der Waals surface area (Å²) in [5.74, 6) is 0.238. The summed E-state index contributed by atoms with van der Waals surface area (Å²) >= 11 is 0. The van der Waals surface area contributed by atoms with E-state index in [1.54, 1.807) is 12.4 Å². The van der Waals surface area contributed by atoms with Gasteiger partial charge in [0.15, 0.2) is 0 Å². The van der Waals surface area contributed by atoms with Gasteiger partial charge < -0.3 is 5.73 Å². The molecule has 3 aromatic rings. The van der Waals surface area contributed by atoms with Crippen LogP contribution in [-0.2, 0) is 0 Å². The molecule has 4 heteroatoms. The third-order valence-electron chi connectivity index (χ3n) is 3.55. The lowest BCUT2D eigenvalue weighted by atomic mass is 9.98. The number of nitrogens with two attached hydrogens (primary N) is 1. The molecule has 0 aliphatic rings. The topological polar surface area (TPSA) is 75.6 Å². The van der Waals surface area contributed by atoms with Gasteiger partial charge in [-0.25, -0.2) is 4.98 Å². The first kappa shape index (κ1) is 13.8. The number of rotatable bonds is 2. The predicted molar refractivity (Wildman–Crippen MR) is 86.8 cm³/mol. The molecule has 2 heterocycles. The van der Waals surface area contributed by atoms with Crippen molar-refractivity contribution in [2.75, 3.05) is 5.73 Å². The lowest BCUT2D eigenvalue weighted by Crippen LogP contribution is -2.00. The van der Waals surface area contributed by atoms with Gasteiger partial charge in [-0.3, -0.25) is 4.98 Å². The summed E-state index contributed by atoms with van der Waals surface area (Å²) in [5, 5.41) is 9.39. The molecule has 0 bridgehead atoms. The highest BCUT2D eigenvalue weighted by Crippen LogP contribution is 2.31. The molecular weight excluding hydrogens is 272 g/mol. The Bertz CT molecular complexity index is 864. The number of aromatic nitrogens is 2. The second kappa shape index (κ2) is 5.66. The van der Waals surface area contributed by atoms with Crippen LogP contribution in [0.1, 0.15) is 11.1 Å². The van der Waals surface area contributed by atoms with Gasteiger partial charge >= 0.3 is 0 Å². The maximum Gasteiger partial charge on any atom is 0.142 e. The van der Waals surface area contributed by atoms with Crippen molar-refractivity contribution in [2.24, 2.45) is 0 Å². The van der Waals surface area contributed by atoms with Crippen LogP contribution >= 0.6 is 0 Å². The lowest BCUT2D eigenvalue weighted by molar-refractivity contribution is 1.28. The van der Waals surface area contributed by atoms with Crippen molar-refractivity contribution in [1.29, 1.82) is 5.26 Å². The number of pyridine rings is 2. The number of nitrogens with zero attached hydrogens (tertiary/aromatic N) is 3. The van der Waals surface area contributed by atoms with Crippen molar-refractivity contribution in [3.05, 3.63) is 66.0 Å². The summed E-state index contributed by atoms with van der Waals surface area (Å²) in [4.78, 5) is 8.51. The van der Waals surface area contributed by atoms with E-state index in [0.717, 1.165) is 27.9 Å². The van der Waals surface area contributed by atoms with Crippen LogP contribution in [-0.4, -0.2) is 9.97 Å². The largest absolute Gasteiger partial charge is 0.383 e. The Labute approximate surface area is 128 Å². The number of hydrogen-bond acceptors (Lipinski definition) is 4. The maximum absolute atomic E-state index is 9.39. The average molecular weight is 286 g/mol. The second-order valence-corrected chi connectivity index (χ2v) is 4.98. The second-order valence-electron chi connectivity index (χ2n) is 4.98. The van der Waals surface area contributed by atoms with E-state index in [-0.39, 0.29) is 5.82 Å². The number of hydrogen-bond donors (Lipinski definition) is 1. The summed E-state index contributed by atoms with van der Waals surface area (Å²) in [6, 6.07) is 15.7. The molecule has 0 saturated carbocycles. The first-order chi connectivity index (χ1) is 10.7. The van der Waals surface area contributed by atoms with Crippen LogP contribution in [0.3, 0.4) is 0 Å². The van der Waals surface area contributed by atoms with Gasteiger partial charge in [-0.15, -0.1) is 0 Å². The Morgan fingerprint density at radius 3 is 2.59 bits per heavy atom. The number of benzene rings is 1. The van der Waals surface area contributed by atoms with Crippen LogP contribution < -0.4 is 5.73 Å². The van der Waals surface area contributed by atoms with Crippen LogP contribution in [0.2, 0.25) is 0 Å². The summed E-state index contributed by atoms with van der Waals surface area (Å²) < 4.78 is 0. The molecule has 22 heavy (non-hydrogen) atoms. The lowest BCUT2D eigenvalue weighted by Gasteiger charge is -2.11. The third-order valence-corrected chi connectivity index (χ3v) is 3.55. The zero-order chi connectivity index (χ0) is 15.5. The highest BCUT2D eigenvalue weighted by Gasteiger charge is 2.14. The molecule has 0 unspecified atom stereocenters. The molecule has 1 aromatic carbocycles. The third kappa shape index (κ3) is 2.40. The molecule has 0 radical (unpaired) electrons. The molecule has 0 amide bonds. The van der Waals surface area contributed by atoms with Crippen molar-refractivity contribution >= 4 is 5.82 Å². The van der Waals surface area contributed by atoms with E-state index in [4.69, 9.17) is 5.73 Å². The number of aryl methyl sites for hydroxylation is 1. The molecule has 0 aliphatic carbocycles. The molecule has 3 rings (SSSR count). The van der Waals surface area contributed by atoms with E-state index in [9.17, 15) is 5.26 Å². The first-order valence-electron chi connectivity index (χ1n) is 6.87. The van der Waals surface area contributed by atoms with Crippen LogP contribution in [0, 0.1) is 18.3 Å². The van der Waals surface area contributed by atoms with Gasteiger partial charge in [-0.05, 0) is 24.6 Å². The van der Waals surface area contributed by atoms with E-state index in [1.807, 2.05) is 49.4 Å². The van der Waals surface area contributed by atoms with Gasteiger partial charge in [-0.1, -0.05) is 30.3 Å². The van der Waals surface area contributed by atoms with Gasteiger partial charge in [0.1, 0.15) is 17.5 Å². The minimum absolute atomic E-state index is 0.238. The van der Waals surface area contributed by atoms with Crippen molar-refractivity contribution in [1.82, 2.24) is 9.97 Å². The zero-order valence-corrected chi connectivity index (χ0v) is 12.1. The minimum Gasteiger partial charge on any atom is -0.383 e. The average Bonchev–Trinajstić information content (AvgIpc) is 2.55. The minimum atomic E-state index is 0.238. The zero-order valence-electron chi connectivity index (χ0n) is 12.1. The normalized spacial score (nSPS) is 10.2. The molecule has 0 atom stereocenters. The molecule has 106 valence electrons. The Morgan fingerprint density at radius 1 is 1.09 bits per heavy atom. The monoisotopic (exact) mass is 286 g/mol. The molecule has 2 N–H and O–H groups in total. The fourth-order valence-corrected chi connectivity index (χ4v) is 2.43. The van der Waals surface area contributed by atoms with Crippen LogP contribution in [0.25, 0.3) is 22.4 Å². The molecule has 0 fully saturated rings. The Morgan fingerprint density at radius 2 is 1.91 bits per heavy atom. The van der Waals surface area contributed by atoms with Gasteiger partial charge in [0.25, 0.3) is 0 Å². The summed E-state index contributed by atoms with van der Waals surface area (Å²) in [7, 11) is 0.